The van der Waals surface area contributed by atoms with Gasteiger partial charge < -0.3 is 10.6 Å². The van der Waals surface area contributed by atoms with E-state index in [9.17, 15) is 8.42 Å². The van der Waals surface area contributed by atoms with Crippen molar-refractivity contribution < 1.29 is 8.42 Å². The zero-order valence-corrected chi connectivity index (χ0v) is 21.3. The normalized spacial score (nSPS) is 14.3. The average Bonchev–Trinajstić information content (AvgIpc) is 3.39. The van der Waals surface area contributed by atoms with Crippen LogP contribution in [0.15, 0.2) is 40.4 Å². The SMILES string of the molecule is CCNC(=NCc1ccc(S(=O)(=O)NC2CC2)cc1)NCCc1ncc(CC)s1.I. The lowest BCUT2D eigenvalue weighted by Crippen LogP contribution is -2.38. The first kappa shape index (κ1) is 25.0. The minimum absolute atomic E-state index is 0. The number of nitrogens with zero attached hydrogens (tertiary/aromatic N) is 2. The summed E-state index contributed by atoms with van der Waals surface area (Å²) in [6.07, 6.45) is 5.67. The smallest absolute Gasteiger partial charge is 0.240 e. The number of hydrogen-bond donors (Lipinski definition) is 3. The van der Waals surface area contributed by atoms with Crippen LogP contribution in [0.5, 0.6) is 0 Å². The fraction of sp³-hybridized carbons (Fsp3) is 0.500. The molecule has 1 aromatic carbocycles. The van der Waals surface area contributed by atoms with Gasteiger partial charge in [0.15, 0.2) is 5.96 Å². The van der Waals surface area contributed by atoms with Gasteiger partial charge in [-0.15, -0.1) is 35.3 Å². The predicted molar refractivity (Wildman–Crippen MR) is 133 cm³/mol. The summed E-state index contributed by atoms with van der Waals surface area (Å²) in [6.45, 7) is 6.16. The molecule has 2 aromatic rings. The van der Waals surface area contributed by atoms with E-state index >= 15 is 0 Å². The molecule has 3 rings (SSSR count). The highest BCUT2D eigenvalue weighted by atomic mass is 127. The Kier molecular flexibility index (Phi) is 9.98. The van der Waals surface area contributed by atoms with Crippen LogP contribution in [0.2, 0.25) is 0 Å². The van der Waals surface area contributed by atoms with E-state index in [0.717, 1.165) is 55.3 Å². The number of aliphatic imine (C=N–C) groups is 1. The molecule has 7 nitrogen and oxygen atoms in total. The summed E-state index contributed by atoms with van der Waals surface area (Å²) in [4.78, 5) is 10.6. The lowest BCUT2D eigenvalue weighted by Gasteiger charge is -2.11. The van der Waals surface area contributed by atoms with Gasteiger partial charge in [0.1, 0.15) is 0 Å². The summed E-state index contributed by atoms with van der Waals surface area (Å²) < 4.78 is 27.2. The van der Waals surface area contributed by atoms with Gasteiger partial charge in [0.05, 0.1) is 16.4 Å². The molecule has 30 heavy (non-hydrogen) atoms. The van der Waals surface area contributed by atoms with Crippen LogP contribution in [-0.2, 0) is 29.4 Å². The van der Waals surface area contributed by atoms with Gasteiger partial charge in [0, 0.05) is 36.6 Å². The van der Waals surface area contributed by atoms with Crippen molar-refractivity contribution in [3.05, 3.63) is 45.9 Å². The number of guanidine groups is 1. The third kappa shape index (κ3) is 7.78. The fourth-order valence-electron chi connectivity index (χ4n) is 2.69. The molecule has 10 heteroatoms. The Morgan fingerprint density at radius 1 is 1.20 bits per heavy atom. The highest BCUT2D eigenvalue weighted by Crippen LogP contribution is 2.22. The first-order valence-corrected chi connectivity index (χ1v) is 12.4. The molecule has 0 saturated heterocycles. The number of rotatable bonds is 10. The van der Waals surface area contributed by atoms with E-state index in [1.807, 2.05) is 25.3 Å². The fourth-order valence-corrected chi connectivity index (χ4v) is 4.86. The molecule has 0 amide bonds. The minimum atomic E-state index is -3.41. The van der Waals surface area contributed by atoms with Crippen LogP contribution in [0.3, 0.4) is 0 Å². The van der Waals surface area contributed by atoms with Gasteiger partial charge in [-0.1, -0.05) is 19.1 Å². The molecular weight excluding hydrogens is 533 g/mol. The standard InChI is InChI=1S/C20H29N5O2S2.HI/c1-3-17-14-23-19(28-17)11-12-22-20(21-4-2)24-13-15-5-9-18(10-6-15)29(26,27)25-16-7-8-16;/h5-6,9-10,14,16,25H,3-4,7-8,11-13H2,1-2H3,(H2,21,22,24);1H. The highest BCUT2D eigenvalue weighted by Gasteiger charge is 2.27. The molecule has 3 N–H and O–H groups in total. The van der Waals surface area contributed by atoms with Gasteiger partial charge in [0.25, 0.3) is 0 Å². The number of halogens is 1. The maximum atomic E-state index is 12.2. The largest absolute Gasteiger partial charge is 0.357 e. The lowest BCUT2D eigenvalue weighted by molar-refractivity contribution is 0.581. The summed E-state index contributed by atoms with van der Waals surface area (Å²) in [5.74, 6) is 0.742. The maximum absolute atomic E-state index is 12.2. The zero-order chi connectivity index (χ0) is 20.7. The Morgan fingerprint density at radius 3 is 2.53 bits per heavy atom. The molecule has 1 saturated carbocycles. The molecule has 1 aromatic heterocycles. The molecule has 0 radical (unpaired) electrons. The molecule has 0 unspecified atom stereocenters. The van der Waals surface area contributed by atoms with Crippen molar-refractivity contribution in [1.82, 2.24) is 20.3 Å². The van der Waals surface area contributed by atoms with Gasteiger partial charge in [-0.05, 0) is 43.9 Å². The number of nitrogens with one attached hydrogen (secondary N) is 3. The van der Waals surface area contributed by atoms with E-state index < -0.39 is 10.0 Å². The average molecular weight is 564 g/mol. The zero-order valence-electron chi connectivity index (χ0n) is 17.3. The van der Waals surface area contributed by atoms with E-state index in [2.05, 4.69) is 32.3 Å². The van der Waals surface area contributed by atoms with E-state index in [4.69, 9.17) is 0 Å². The monoisotopic (exact) mass is 563 g/mol. The second-order valence-corrected chi connectivity index (χ2v) is 9.90. The van der Waals surface area contributed by atoms with Crippen LogP contribution in [-0.4, -0.2) is 38.5 Å². The van der Waals surface area contributed by atoms with Crippen molar-refractivity contribution >= 4 is 51.3 Å². The number of thiazole rings is 1. The van der Waals surface area contributed by atoms with E-state index in [0.29, 0.717) is 11.4 Å². The van der Waals surface area contributed by atoms with Crippen molar-refractivity contribution in [2.24, 2.45) is 4.99 Å². The Labute approximate surface area is 200 Å². The maximum Gasteiger partial charge on any atom is 0.240 e. The van der Waals surface area contributed by atoms with Gasteiger partial charge in [-0.3, -0.25) is 0 Å². The predicted octanol–water partition coefficient (Wildman–Crippen LogP) is 3.06. The summed E-state index contributed by atoms with van der Waals surface area (Å²) in [7, 11) is -3.41. The number of aryl methyl sites for hydroxylation is 1. The highest BCUT2D eigenvalue weighted by molar-refractivity contribution is 14.0. The van der Waals surface area contributed by atoms with Crippen molar-refractivity contribution in [3.8, 4) is 0 Å². The molecular formula is C20H30IN5O2S2. The second-order valence-electron chi connectivity index (χ2n) is 6.99. The van der Waals surface area contributed by atoms with E-state index in [-0.39, 0.29) is 30.0 Å². The number of sulfonamides is 1. The molecule has 0 aliphatic heterocycles. The summed E-state index contributed by atoms with van der Waals surface area (Å²) >= 11 is 1.75. The molecule has 1 fully saturated rings. The van der Waals surface area contributed by atoms with Crippen LogP contribution in [0.4, 0.5) is 0 Å². The first-order valence-electron chi connectivity index (χ1n) is 10.1. The summed E-state index contributed by atoms with van der Waals surface area (Å²) in [6, 6.07) is 7.02. The van der Waals surface area contributed by atoms with Crippen molar-refractivity contribution in [1.29, 1.82) is 0 Å². The van der Waals surface area contributed by atoms with Gasteiger partial charge in [0.2, 0.25) is 10.0 Å². The Hall–Kier alpha value is -1.24. The van der Waals surface area contributed by atoms with Crippen molar-refractivity contribution in [2.45, 2.75) is 57.0 Å². The number of benzene rings is 1. The topological polar surface area (TPSA) is 95.5 Å². The summed E-state index contributed by atoms with van der Waals surface area (Å²) in [5, 5.41) is 7.69. The van der Waals surface area contributed by atoms with Crippen molar-refractivity contribution in [3.63, 3.8) is 0 Å². The lowest BCUT2D eigenvalue weighted by atomic mass is 10.2. The van der Waals surface area contributed by atoms with Gasteiger partial charge >= 0.3 is 0 Å². The minimum Gasteiger partial charge on any atom is -0.357 e. The molecule has 0 spiro atoms. The van der Waals surface area contributed by atoms with E-state index in [1.165, 1.54) is 4.88 Å². The van der Waals surface area contributed by atoms with Crippen LogP contribution in [0.25, 0.3) is 0 Å². The molecule has 0 bridgehead atoms. The molecule has 166 valence electrons. The van der Waals surface area contributed by atoms with E-state index in [1.54, 1.807) is 23.5 Å². The Balaban J connectivity index is 0.00000320. The summed E-state index contributed by atoms with van der Waals surface area (Å²) in [5.41, 5.74) is 0.958. The number of hydrogen-bond acceptors (Lipinski definition) is 5. The molecule has 1 aliphatic carbocycles. The van der Waals surface area contributed by atoms with Crippen LogP contribution >= 0.6 is 35.3 Å². The second kappa shape index (κ2) is 12.0. The first-order chi connectivity index (χ1) is 14.0. The van der Waals surface area contributed by atoms with Gasteiger partial charge in [-0.2, -0.15) is 0 Å². The Bertz CT molecular complexity index is 925. The quantitative estimate of drug-likeness (QED) is 0.235. The van der Waals surface area contributed by atoms with Crippen molar-refractivity contribution in [2.75, 3.05) is 13.1 Å². The molecule has 1 aliphatic rings. The van der Waals surface area contributed by atoms with Crippen LogP contribution < -0.4 is 15.4 Å². The van der Waals surface area contributed by atoms with Crippen LogP contribution in [0.1, 0.15) is 42.1 Å². The molecule has 1 heterocycles. The molecule has 0 atom stereocenters. The van der Waals surface area contributed by atoms with Crippen LogP contribution in [0, 0.1) is 0 Å². The third-order valence-electron chi connectivity index (χ3n) is 4.48. The Morgan fingerprint density at radius 2 is 1.93 bits per heavy atom. The number of aromatic nitrogens is 1. The third-order valence-corrected chi connectivity index (χ3v) is 7.22. The van der Waals surface area contributed by atoms with Gasteiger partial charge in [-0.25, -0.2) is 23.1 Å².